The van der Waals surface area contributed by atoms with Crippen LogP contribution in [0.3, 0.4) is 0 Å². The molecule has 1 aromatic carbocycles. The molecule has 1 aromatic heterocycles. The summed E-state index contributed by atoms with van der Waals surface area (Å²) in [7, 11) is 0. The van der Waals surface area contributed by atoms with Crippen LogP contribution in [0.25, 0.3) is 11.4 Å². The summed E-state index contributed by atoms with van der Waals surface area (Å²) < 4.78 is 1.44. The second kappa shape index (κ2) is 7.72. The zero-order chi connectivity index (χ0) is 16.8. The van der Waals surface area contributed by atoms with E-state index in [1.807, 2.05) is 51.1 Å². The maximum Gasteiger partial charge on any atom is 0.254 e. The third-order valence-corrected chi connectivity index (χ3v) is 3.78. The van der Waals surface area contributed by atoms with Gasteiger partial charge in [0.25, 0.3) is 5.56 Å². The van der Waals surface area contributed by atoms with Crippen LogP contribution in [0.2, 0.25) is 0 Å². The fourth-order valence-corrected chi connectivity index (χ4v) is 2.26. The lowest BCUT2D eigenvalue weighted by Crippen LogP contribution is -2.37. The van der Waals surface area contributed by atoms with Gasteiger partial charge in [0.15, 0.2) is 0 Å². The number of hydrogen-bond donors (Lipinski definition) is 1. The summed E-state index contributed by atoms with van der Waals surface area (Å²) in [6, 6.07) is 11.1. The lowest BCUT2D eigenvalue weighted by molar-refractivity contribution is -0.122. The Morgan fingerprint density at radius 1 is 1.26 bits per heavy atom. The monoisotopic (exact) mass is 313 g/mol. The number of aromatic nitrogens is 2. The number of hydrogen-bond acceptors (Lipinski definition) is 3. The van der Waals surface area contributed by atoms with Crippen LogP contribution in [0.4, 0.5) is 0 Å². The van der Waals surface area contributed by atoms with E-state index in [0.717, 1.165) is 17.7 Å². The molecule has 1 atom stereocenters. The summed E-state index contributed by atoms with van der Waals surface area (Å²) in [5.41, 5.74) is 1.36. The lowest BCUT2D eigenvalue weighted by Gasteiger charge is -2.15. The summed E-state index contributed by atoms with van der Waals surface area (Å²) in [6.07, 6.45) is 1.52. The number of carbonyl (C=O) groups excluding carboxylic acids is 1. The minimum absolute atomic E-state index is 0.0234. The van der Waals surface area contributed by atoms with Crippen molar-refractivity contribution in [3.05, 3.63) is 52.4 Å². The molecule has 0 spiro atoms. The average molecular weight is 313 g/mol. The van der Waals surface area contributed by atoms with E-state index in [9.17, 15) is 9.59 Å². The van der Waals surface area contributed by atoms with Crippen LogP contribution in [0.1, 0.15) is 32.9 Å². The van der Waals surface area contributed by atoms with E-state index in [-0.39, 0.29) is 24.1 Å². The molecule has 0 fully saturated rings. The SMILES string of the molecule is CCc1cc(=O)n(CC(=O)N[C@@H](C)CC)c(-c2ccccc2)n1. The van der Waals surface area contributed by atoms with Crippen LogP contribution >= 0.6 is 0 Å². The van der Waals surface area contributed by atoms with Gasteiger partial charge >= 0.3 is 0 Å². The largest absolute Gasteiger partial charge is 0.352 e. The molecule has 5 nitrogen and oxygen atoms in total. The highest BCUT2D eigenvalue weighted by molar-refractivity contribution is 5.76. The molecular formula is C18H23N3O2. The van der Waals surface area contributed by atoms with Crippen molar-refractivity contribution in [1.29, 1.82) is 0 Å². The molecule has 0 aliphatic heterocycles. The first-order valence-electron chi connectivity index (χ1n) is 8.00. The highest BCUT2D eigenvalue weighted by Crippen LogP contribution is 2.15. The number of nitrogens with one attached hydrogen (secondary N) is 1. The molecule has 122 valence electrons. The van der Waals surface area contributed by atoms with Gasteiger partial charge in [-0.15, -0.1) is 0 Å². The minimum Gasteiger partial charge on any atom is -0.352 e. The van der Waals surface area contributed by atoms with Gasteiger partial charge in [-0.2, -0.15) is 0 Å². The summed E-state index contributed by atoms with van der Waals surface area (Å²) in [5, 5.41) is 2.89. The van der Waals surface area contributed by atoms with Crippen LogP contribution in [-0.4, -0.2) is 21.5 Å². The summed E-state index contributed by atoms with van der Waals surface area (Å²) in [6.45, 7) is 5.88. The third-order valence-electron chi connectivity index (χ3n) is 3.78. The van der Waals surface area contributed by atoms with E-state index in [1.165, 1.54) is 10.6 Å². The van der Waals surface area contributed by atoms with E-state index in [2.05, 4.69) is 10.3 Å². The predicted octanol–water partition coefficient (Wildman–Crippen LogP) is 2.39. The highest BCUT2D eigenvalue weighted by Gasteiger charge is 2.14. The molecular weight excluding hydrogens is 290 g/mol. The van der Waals surface area contributed by atoms with E-state index < -0.39 is 0 Å². The molecule has 0 bridgehead atoms. The Kier molecular flexibility index (Phi) is 5.68. The number of nitrogens with zero attached hydrogens (tertiary/aromatic N) is 2. The standard InChI is InChI=1S/C18H23N3O2/c1-4-13(3)19-16(22)12-21-17(23)11-15(5-2)20-18(21)14-9-7-6-8-10-14/h6-11,13H,4-5,12H2,1-3H3,(H,19,22)/t13-/m0/s1. The molecule has 0 saturated carbocycles. The molecule has 1 heterocycles. The van der Waals surface area contributed by atoms with E-state index >= 15 is 0 Å². The van der Waals surface area contributed by atoms with Crippen molar-refractivity contribution in [2.75, 3.05) is 0 Å². The van der Waals surface area contributed by atoms with Gasteiger partial charge in [0.1, 0.15) is 12.4 Å². The van der Waals surface area contributed by atoms with Gasteiger partial charge in [0, 0.05) is 23.4 Å². The van der Waals surface area contributed by atoms with Crippen molar-refractivity contribution in [3.63, 3.8) is 0 Å². The van der Waals surface area contributed by atoms with Crippen LogP contribution in [0.5, 0.6) is 0 Å². The Morgan fingerprint density at radius 3 is 2.57 bits per heavy atom. The number of amides is 1. The Bertz CT molecular complexity index is 723. The fourth-order valence-electron chi connectivity index (χ4n) is 2.26. The third kappa shape index (κ3) is 4.28. The minimum atomic E-state index is -0.199. The van der Waals surface area contributed by atoms with Crippen LogP contribution in [0.15, 0.2) is 41.2 Å². The first-order valence-corrected chi connectivity index (χ1v) is 8.00. The van der Waals surface area contributed by atoms with Crippen molar-refractivity contribution in [3.8, 4) is 11.4 Å². The lowest BCUT2D eigenvalue weighted by atomic mass is 10.2. The molecule has 0 unspecified atom stereocenters. The molecule has 23 heavy (non-hydrogen) atoms. The van der Waals surface area contributed by atoms with Crippen molar-refractivity contribution < 1.29 is 4.79 Å². The summed E-state index contributed by atoms with van der Waals surface area (Å²) >= 11 is 0. The van der Waals surface area contributed by atoms with Gasteiger partial charge in [0.05, 0.1) is 0 Å². The second-order valence-electron chi connectivity index (χ2n) is 5.59. The van der Waals surface area contributed by atoms with Crippen LogP contribution in [0, 0.1) is 0 Å². The average Bonchev–Trinajstić information content (AvgIpc) is 2.57. The van der Waals surface area contributed by atoms with Gasteiger partial charge < -0.3 is 5.32 Å². The Morgan fingerprint density at radius 2 is 1.96 bits per heavy atom. The Labute approximate surface area is 136 Å². The Hall–Kier alpha value is -2.43. The van der Waals surface area contributed by atoms with Gasteiger partial charge in [-0.05, 0) is 19.8 Å². The summed E-state index contributed by atoms with van der Waals surface area (Å²) in [4.78, 5) is 29.2. The molecule has 0 radical (unpaired) electrons. The molecule has 5 heteroatoms. The van der Waals surface area contributed by atoms with Gasteiger partial charge in [-0.3, -0.25) is 14.2 Å². The maximum absolute atomic E-state index is 12.4. The van der Waals surface area contributed by atoms with E-state index in [4.69, 9.17) is 0 Å². The van der Waals surface area contributed by atoms with Gasteiger partial charge in [-0.25, -0.2) is 4.98 Å². The van der Waals surface area contributed by atoms with Gasteiger partial charge in [-0.1, -0.05) is 44.2 Å². The first-order chi connectivity index (χ1) is 11.0. The number of aryl methyl sites for hydroxylation is 1. The smallest absolute Gasteiger partial charge is 0.254 e. The molecule has 0 aliphatic carbocycles. The zero-order valence-corrected chi connectivity index (χ0v) is 13.9. The van der Waals surface area contributed by atoms with Crippen LogP contribution in [-0.2, 0) is 17.8 Å². The van der Waals surface area contributed by atoms with E-state index in [1.54, 1.807) is 0 Å². The zero-order valence-electron chi connectivity index (χ0n) is 13.9. The number of carbonyl (C=O) groups is 1. The number of benzene rings is 1. The van der Waals surface area contributed by atoms with Crippen molar-refractivity contribution in [1.82, 2.24) is 14.9 Å². The normalized spacial score (nSPS) is 12.0. The molecule has 2 rings (SSSR count). The van der Waals surface area contributed by atoms with E-state index in [0.29, 0.717) is 12.2 Å². The molecule has 2 aromatic rings. The highest BCUT2D eigenvalue weighted by atomic mass is 16.2. The first kappa shape index (κ1) is 16.9. The van der Waals surface area contributed by atoms with Crippen molar-refractivity contribution >= 4 is 5.91 Å². The molecule has 1 amide bonds. The quantitative estimate of drug-likeness (QED) is 0.890. The Balaban J connectivity index is 2.42. The molecule has 1 N–H and O–H groups in total. The predicted molar refractivity (Wildman–Crippen MR) is 91.2 cm³/mol. The van der Waals surface area contributed by atoms with Crippen LogP contribution < -0.4 is 10.9 Å². The topological polar surface area (TPSA) is 64.0 Å². The maximum atomic E-state index is 12.4. The van der Waals surface area contributed by atoms with Crippen molar-refractivity contribution in [2.24, 2.45) is 0 Å². The molecule has 0 saturated heterocycles. The van der Waals surface area contributed by atoms with Crippen molar-refractivity contribution in [2.45, 2.75) is 46.2 Å². The second-order valence-corrected chi connectivity index (χ2v) is 5.59. The number of rotatable bonds is 6. The summed E-state index contributed by atoms with van der Waals surface area (Å²) in [5.74, 6) is 0.360. The van der Waals surface area contributed by atoms with Gasteiger partial charge in [0.2, 0.25) is 5.91 Å². The molecule has 0 aliphatic rings. The fraction of sp³-hybridized carbons (Fsp3) is 0.389.